The number of aliphatic hydroxyl groups is 1. The van der Waals surface area contributed by atoms with Crippen molar-refractivity contribution in [1.82, 2.24) is 5.32 Å². The highest BCUT2D eigenvalue weighted by Gasteiger charge is 2.56. The zero-order valence-electron chi connectivity index (χ0n) is 17.2. The number of nitrogens with one attached hydrogen (secondary N) is 1. The molecule has 2 atom stereocenters. The lowest BCUT2D eigenvalue weighted by molar-refractivity contribution is -0.142. The van der Waals surface area contributed by atoms with Gasteiger partial charge in [-0.1, -0.05) is 78.1 Å². The van der Waals surface area contributed by atoms with Gasteiger partial charge in [0.1, 0.15) is 8.07 Å². The van der Waals surface area contributed by atoms with Gasteiger partial charge in [0.05, 0.1) is 5.60 Å². The van der Waals surface area contributed by atoms with E-state index in [9.17, 15) is 5.11 Å². The quantitative estimate of drug-likeness (QED) is 0.762. The van der Waals surface area contributed by atoms with E-state index in [-0.39, 0.29) is 11.1 Å². The molecule has 2 aromatic carbocycles. The third-order valence-electron chi connectivity index (χ3n) is 7.87. The molecule has 4 aliphatic carbocycles. The molecule has 0 heterocycles. The van der Waals surface area contributed by atoms with Gasteiger partial charge in [-0.2, -0.15) is 0 Å². The lowest BCUT2D eigenvalue weighted by atomic mass is 9.51. The highest BCUT2D eigenvalue weighted by Crippen LogP contribution is 2.57. The van der Waals surface area contributed by atoms with Gasteiger partial charge < -0.3 is 10.4 Å². The first-order chi connectivity index (χ1) is 13.4. The van der Waals surface area contributed by atoms with Gasteiger partial charge in [0.15, 0.2) is 0 Å². The van der Waals surface area contributed by atoms with Crippen LogP contribution in [0.25, 0.3) is 0 Å². The van der Waals surface area contributed by atoms with Gasteiger partial charge in [-0.3, -0.25) is 0 Å². The molecule has 0 aliphatic heterocycles. The fraction of sp³-hybridized carbons (Fsp3) is 0.520. The van der Waals surface area contributed by atoms with E-state index in [1.807, 2.05) is 0 Å². The third-order valence-corrected chi connectivity index (χ3v) is 11.4. The van der Waals surface area contributed by atoms with Crippen molar-refractivity contribution >= 4 is 18.4 Å². The Labute approximate surface area is 170 Å². The van der Waals surface area contributed by atoms with Gasteiger partial charge in [-0.05, 0) is 55.9 Å². The van der Waals surface area contributed by atoms with E-state index < -0.39 is 8.07 Å². The van der Waals surface area contributed by atoms with E-state index in [1.165, 1.54) is 35.2 Å². The minimum atomic E-state index is -1.62. The Kier molecular flexibility index (Phi) is 4.35. The molecule has 0 saturated heterocycles. The van der Waals surface area contributed by atoms with E-state index in [1.54, 1.807) is 0 Å². The van der Waals surface area contributed by atoms with Crippen LogP contribution < -0.4 is 15.7 Å². The monoisotopic (exact) mass is 391 g/mol. The first-order valence-electron chi connectivity index (χ1n) is 11.0. The second kappa shape index (κ2) is 6.55. The van der Waals surface area contributed by atoms with Crippen molar-refractivity contribution in [2.75, 3.05) is 0 Å². The summed E-state index contributed by atoms with van der Waals surface area (Å²) in [6.07, 6.45) is 6.91. The summed E-state index contributed by atoms with van der Waals surface area (Å²) >= 11 is 0. The highest BCUT2D eigenvalue weighted by molar-refractivity contribution is 7.00. The molecular weight excluding hydrogens is 358 g/mol. The van der Waals surface area contributed by atoms with E-state index >= 15 is 0 Å². The number of hydrogen-bond donors (Lipinski definition) is 2. The Morgan fingerprint density at radius 3 is 2.11 bits per heavy atom. The van der Waals surface area contributed by atoms with Crippen molar-refractivity contribution in [3.05, 3.63) is 60.2 Å². The van der Waals surface area contributed by atoms with Gasteiger partial charge in [0, 0.05) is 12.1 Å². The Morgan fingerprint density at radius 1 is 0.893 bits per heavy atom. The maximum atomic E-state index is 11.0. The molecule has 4 fully saturated rings. The van der Waals surface area contributed by atoms with Crippen molar-refractivity contribution in [3.8, 4) is 0 Å². The van der Waals surface area contributed by atoms with Crippen LogP contribution in [-0.4, -0.2) is 24.3 Å². The Bertz CT molecular complexity index is 831. The smallest absolute Gasteiger partial charge is 0.112 e. The second-order valence-electron chi connectivity index (χ2n) is 10.5. The Balaban J connectivity index is 1.29. The molecule has 0 aromatic heterocycles. The summed E-state index contributed by atoms with van der Waals surface area (Å²) in [5.74, 6) is 1.47. The fourth-order valence-electron chi connectivity index (χ4n) is 6.77. The molecule has 4 bridgehead atoms. The van der Waals surface area contributed by atoms with Gasteiger partial charge in [-0.25, -0.2) is 0 Å². The maximum absolute atomic E-state index is 11.0. The molecule has 3 heteroatoms. The zero-order chi connectivity index (χ0) is 19.4. The van der Waals surface area contributed by atoms with Crippen LogP contribution in [0.5, 0.6) is 0 Å². The van der Waals surface area contributed by atoms with E-state index in [4.69, 9.17) is 0 Å². The van der Waals surface area contributed by atoms with Gasteiger partial charge >= 0.3 is 0 Å². The number of rotatable bonds is 5. The molecule has 28 heavy (non-hydrogen) atoms. The maximum Gasteiger partial charge on any atom is 0.112 e. The summed E-state index contributed by atoms with van der Waals surface area (Å²) in [5.41, 5.74) is 1.16. The highest BCUT2D eigenvalue weighted by atomic mass is 28.3. The van der Waals surface area contributed by atoms with E-state index in [2.05, 4.69) is 73.0 Å². The molecule has 0 spiro atoms. The standard InChI is InChI=1S/C25H33NOSi/c1-28(2,22-6-4-3-5-7-22)23-10-8-19(9-11-23)17-26-24-13-20-12-21(14-24)16-25(27,15-20)18-24/h3-11,20-21,26-27H,12-18H2,1-2H3. The van der Waals surface area contributed by atoms with E-state index in [0.717, 1.165) is 37.6 Å². The van der Waals surface area contributed by atoms with E-state index in [0.29, 0.717) is 0 Å². The summed E-state index contributed by atoms with van der Waals surface area (Å²) in [5, 5.41) is 17.9. The van der Waals surface area contributed by atoms with Crippen LogP contribution in [0.2, 0.25) is 13.1 Å². The van der Waals surface area contributed by atoms with Crippen LogP contribution in [-0.2, 0) is 6.54 Å². The van der Waals surface area contributed by atoms with Crippen LogP contribution >= 0.6 is 0 Å². The third kappa shape index (κ3) is 3.28. The summed E-state index contributed by atoms with van der Waals surface area (Å²) in [4.78, 5) is 0. The van der Waals surface area contributed by atoms with Gasteiger partial charge in [0.25, 0.3) is 0 Å². The lowest BCUT2D eigenvalue weighted by Crippen LogP contribution is -2.64. The predicted octanol–water partition coefficient (Wildman–Crippen LogP) is 3.68. The largest absolute Gasteiger partial charge is 0.390 e. The molecule has 4 saturated carbocycles. The molecule has 148 valence electrons. The second-order valence-corrected chi connectivity index (χ2v) is 14.9. The summed E-state index contributed by atoms with van der Waals surface area (Å²) in [6, 6.07) is 20.3. The molecular formula is C25H33NOSi. The molecule has 0 amide bonds. The zero-order valence-corrected chi connectivity index (χ0v) is 18.2. The summed E-state index contributed by atoms with van der Waals surface area (Å²) in [6.45, 7) is 5.79. The summed E-state index contributed by atoms with van der Waals surface area (Å²) < 4.78 is 0. The van der Waals surface area contributed by atoms with Crippen LogP contribution in [0.1, 0.15) is 44.1 Å². The number of hydrogen-bond acceptors (Lipinski definition) is 2. The topological polar surface area (TPSA) is 32.3 Å². The lowest BCUT2D eigenvalue weighted by Gasteiger charge is -2.60. The van der Waals surface area contributed by atoms with Crippen molar-refractivity contribution in [3.63, 3.8) is 0 Å². The van der Waals surface area contributed by atoms with Crippen LogP contribution in [0.15, 0.2) is 54.6 Å². The number of benzene rings is 2. The van der Waals surface area contributed by atoms with Gasteiger partial charge in [-0.15, -0.1) is 0 Å². The predicted molar refractivity (Wildman–Crippen MR) is 119 cm³/mol. The molecule has 0 radical (unpaired) electrons. The molecule has 6 rings (SSSR count). The van der Waals surface area contributed by atoms with Crippen LogP contribution in [0, 0.1) is 11.8 Å². The van der Waals surface area contributed by atoms with Crippen LogP contribution in [0.4, 0.5) is 0 Å². The average molecular weight is 392 g/mol. The molecule has 4 aliphatic rings. The summed E-state index contributed by atoms with van der Waals surface area (Å²) in [7, 11) is -1.62. The Hall–Kier alpha value is -1.42. The van der Waals surface area contributed by atoms with Crippen LogP contribution in [0.3, 0.4) is 0 Å². The van der Waals surface area contributed by atoms with Crippen molar-refractivity contribution in [2.45, 2.75) is 69.3 Å². The molecule has 2 unspecified atom stereocenters. The average Bonchev–Trinajstić information content (AvgIpc) is 2.66. The van der Waals surface area contributed by atoms with Gasteiger partial charge in [0.2, 0.25) is 0 Å². The molecule has 2 aromatic rings. The first kappa shape index (κ1) is 18.6. The minimum Gasteiger partial charge on any atom is -0.390 e. The SMILES string of the molecule is C[Si](C)(c1ccccc1)c1ccc(CNC23CC4CC(CC(O)(C4)C2)C3)cc1. The molecule has 2 nitrogen and oxygen atoms in total. The minimum absolute atomic E-state index is 0.176. The van der Waals surface area contributed by atoms with Crippen molar-refractivity contribution in [1.29, 1.82) is 0 Å². The van der Waals surface area contributed by atoms with Crippen molar-refractivity contribution < 1.29 is 5.11 Å². The first-order valence-corrected chi connectivity index (χ1v) is 14.0. The normalized spacial score (nSPS) is 34.0. The molecule has 2 N–H and O–H groups in total. The van der Waals surface area contributed by atoms with Crippen molar-refractivity contribution in [2.24, 2.45) is 11.8 Å². The fourth-order valence-corrected chi connectivity index (χ4v) is 9.13. The Morgan fingerprint density at radius 2 is 1.50 bits per heavy atom.